The van der Waals surface area contributed by atoms with Gasteiger partial charge in [-0.05, 0) is 38.3 Å². The van der Waals surface area contributed by atoms with E-state index in [1.54, 1.807) is 37.3 Å². The topological polar surface area (TPSA) is 72.5 Å². The van der Waals surface area contributed by atoms with Gasteiger partial charge >= 0.3 is 5.97 Å². The van der Waals surface area contributed by atoms with Gasteiger partial charge in [-0.3, -0.25) is 4.72 Å². The number of allylic oxidation sites excluding steroid dienone is 1. The molecule has 0 amide bonds. The van der Waals surface area contributed by atoms with Crippen molar-refractivity contribution < 1.29 is 17.9 Å². The van der Waals surface area contributed by atoms with E-state index in [0.29, 0.717) is 30.0 Å². The summed E-state index contributed by atoms with van der Waals surface area (Å²) in [5, 5.41) is -0.611. The van der Waals surface area contributed by atoms with Gasteiger partial charge in [0.05, 0.1) is 22.9 Å². The number of hydrogen-bond acceptors (Lipinski definition) is 4. The number of para-hydroxylation sites is 1. The summed E-state index contributed by atoms with van der Waals surface area (Å²) >= 11 is 5.98. The first-order chi connectivity index (χ1) is 10.5. The Kier molecular flexibility index (Phi) is 5.47. The standard InChI is InChI=1S/C15H18ClNO4S/c1-2-21-15(18)11-7-3-6-10-14(11)22(19,20)17-13-9-5-4-8-12(13)16/h4-5,7-9,14,17H,2-3,6,10H2,1H3. The summed E-state index contributed by atoms with van der Waals surface area (Å²) in [4.78, 5) is 12.0. The van der Waals surface area contributed by atoms with Crippen molar-refractivity contribution in [3.05, 3.63) is 40.9 Å². The van der Waals surface area contributed by atoms with Crippen LogP contribution in [-0.4, -0.2) is 26.2 Å². The van der Waals surface area contributed by atoms with E-state index in [1.165, 1.54) is 0 Å². The predicted molar refractivity (Wildman–Crippen MR) is 86.3 cm³/mol. The number of nitrogens with one attached hydrogen (secondary N) is 1. The fraction of sp³-hybridized carbons (Fsp3) is 0.400. The van der Waals surface area contributed by atoms with Crippen LogP contribution < -0.4 is 4.72 Å². The van der Waals surface area contributed by atoms with Crippen molar-refractivity contribution in [2.45, 2.75) is 31.4 Å². The number of esters is 1. The first kappa shape index (κ1) is 16.8. The third kappa shape index (κ3) is 3.81. The SMILES string of the molecule is CCOC(=O)C1=CCCCC1S(=O)(=O)Nc1ccccc1Cl. The van der Waals surface area contributed by atoms with E-state index in [1.807, 2.05) is 0 Å². The largest absolute Gasteiger partial charge is 0.463 e. The van der Waals surface area contributed by atoms with Crippen LogP contribution in [0.1, 0.15) is 26.2 Å². The van der Waals surface area contributed by atoms with Crippen molar-refractivity contribution in [1.82, 2.24) is 0 Å². The highest BCUT2D eigenvalue weighted by Crippen LogP contribution is 2.29. The minimum absolute atomic E-state index is 0.202. The van der Waals surface area contributed by atoms with Gasteiger partial charge in [0.2, 0.25) is 10.0 Å². The van der Waals surface area contributed by atoms with E-state index in [4.69, 9.17) is 16.3 Å². The summed E-state index contributed by atoms with van der Waals surface area (Å²) in [6, 6.07) is 6.58. The lowest BCUT2D eigenvalue weighted by Gasteiger charge is -2.24. The summed E-state index contributed by atoms with van der Waals surface area (Å²) in [6.07, 6.45) is 3.41. The number of carbonyl (C=O) groups is 1. The van der Waals surface area contributed by atoms with Crippen molar-refractivity contribution >= 4 is 33.3 Å². The molecular formula is C15H18ClNO4S. The van der Waals surface area contributed by atoms with Crippen molar-refractivity contribution in [2.75, 3.05) is 11.3 Å². The molecule has 1 aromatic rings. The van der Waals surface area contributed by atoms with Gasteiger partial charge in [0, 0.05) is 0 Å². The summed E-state index contributed by atoms with van der Waals surface area (Å²) in [6.45, 7) is 1.90. The van der Waals surface area contributed by atoms with Gasteiger partial charge in [-0.1, -0.05) is 29.8 Å². The zero-order valence-corrected chi connectivity index (χ0v) is 13.8. The van der Waals surface area contributed by atoms with E-state index < -0.39 is 21.2 Å². The number of hydrogen-bond donors (Lipinski definition) is 1. The van der Waals surface area contributed by atoms with Crippen molar-refractivity contribution in [3.63, 3.8) is 0 Å². The summed E-state index contributed by atoms with van der Waals surface area (Å²) < 4.78 is 32.6. The first-order valence-electron chi connectivity index (χ1n) is 7.09. The minimum atomic E-state index is -3.77. The number of carbonyl (C=O) groups excluding carboxylic acids is 1. The smallest absolute Gasteiger partial charge is 0.335 e. The Bertz CT molecular complexity index is 685. The van der Waals surface area contributed by atoms with Gasteiger partial charge in [0.25, 0.3) is 0 Å². The third-order valence-electron chi connectivity index (χ3n) is 3.39. The molecule has 2 rings (SSSR count). The zero-order valence-electron chi connectivity index (χ0n) is 12.2. The first-order valence-corrected chi connectivity index (χ1v) is 9.01. The quantitative estimate of drug-likeness (QED) is 0.834. The van der Waals surface area contributed by atoms with Crippen molar-refractivity contribution in [2.24, 2.45) is 0 Å². The van der Waals surface area contributed by atoms with Crippen LogP contribution in [0.2, 0.25) is 5.02 Å². The van der Waals surface area contributed by atoms with Crippen LogP contribution >= 0.6 is 11.6 Å². The molecule has 5 nitrogen and oxygen atoms in total. The minimum Gasteiger partial charge on any atom is -0.463 e. The number of anilines is 1. The predicted octanol–water partition coefficient (Wildman–Crippen LogP) is 3.12. The highest BCUT2D eigenvalue weighted by Gasteiger charge is 2.35. The molecule has 1 atom stereocenters. The monoisotopic (exact) mass is 343 g/mol. The molecule has 7 heteroatoms. The van der Waals surface area contributed by atoms with Crippen LogP contribution in [0.15, 0.2) is 35.9 Å². The van der Waals surface area contributed by atoms with Gasteiger partial charge in [-0.25, -0.2) is 13.2 Å². The van der Waals surface area contributed by atoms with Crippen LogP contribution in [0, 0.1) is 0 Å². The lowest BCUT2D eigenvalue weighted by Crippen LogP contribution is -2.34. The molecule has 0 aromatic heterocycles. The zero-order chi connectivity index (χ0) is 16.2. The Balaban J connectivity index is 2.27. The number of benzene rings is 1. The van der Waals surface area contributed by atoms with Crippen molar-refractivity contribution in [1.29, 1.82) is 0 Å². The molecule has 120 valence electrons. The lowest BCUT2D eigenvalue weighted by molar-refractivity contribution is -0.138. The molecule has 0 radical (unpaired) electrons. The molecule has 0 saturated carbocycles. The molecule has 1 aliphatic carbocycles. The van der Waals surface area contributed by atoms with Gasteiger partial charge in [-0.2, -0.15) is 0 Å². The Hall–Kier alpha value is -1.53. The molecule has 1 aliphatic rings. The van der Waals surface area contributed by atoms with Gasteiger partial charge in [0.1, 0.15) is 5.25 Å². The van der Waals surface area contributed by atoms with Gasteiger partial charge < -0.3 is 4.74 Å². The summed E-state index contributed by atoms with van der Waals surface area (Å²) in [5.74, 6) is -0.572. The molecule has 0 bridgehead atoms. The van der Waals surface area contributed by atoms with Gasteiger partial charge in [0.15, 0.2) is 0 Å². The molecule has 0 heterocycles. The van der Waals surface area contributed by atoms with E-state index in [-0.39, 0.29) is 12.2 Å². The maximum atomic E-state index is 12.6. The average molecular weight is 344 g/mol. The maximum Gasteiger partial charge on any atom is 0.335 e. The second-order valence-corrected chi connectivity index (χ2v) is 7.20. The molecule has 0 saturated heterocycles. The Morgan fingerprint density at radius 1 is 1.41 bits per heavy atom. The molecule has 1 N–H and O–H groups in total. The number of rotatable bonds is 5. The van der Waals surface area contributed by atoms with Crippen molar-refractivity contribution in [3.8, 4) is 0 Å². The molecule has 22 heavy (non-hydrogen) atoms. The Morgan fingerprint density at radius 3 is 2.82 bits per heavy atom. The molecule has 0 aliphatic heterocycles. The maximum absolute atomic E-state index is 12.6. The molecule has 1 unspecified atom stereocenters. The number of ether oxygens (including phenoxy) is 1. The second kappa shape index (κ2) is 7.15. The van der Waals surface area contributed by atoms with Gasteiger partial charge in [-0.15, -0.1) is 0 Å². The third-order valence-corrected chi connectivity index (χ3v) is 5.47. The van der Waals surface area contributed by atoms with E-state index in [0.717, 1.165) is 0 Å². The summed E-state index contributed by atoms with van der Waals surface area (Å²) in [5.41, 5.74) is 0.505. The highest BCUT2D eigenvalue weighted by molar-refractivity contribution is 7.93. The molecular weight excluding hydrogens is 326 g/mol. The van der Waals surface area contributed by atoms with Crippen LogP contribution in [-0.2, 0) is 19.6 Å². The van der Waals surface area contributed by atoms with Crippen LogP contribution in [0.4, 0.5) is 5.69 Å². The Morgan fingerprint density at radius 2 is 2.14 bits per heavy atom. The fourth-order valence-corrected chi connectivity index (χ4v) is 4.24. The van der Waals surface area contributed by atoms with Crippen LogP contribution in [0.25, 0.3) is 0 Å². The summed E-state index contributed by atoms with van der Waals surface area (Å²) in [7, 11) is -3.77. The van der Waals surface area contributed by atoms with E-state index in [2.05, 4.69) is 4.72 Å². The Labute approximate surface area is 135 Å². The average Bonchev–Trinajstić information content (AvgIpc) is 2.50. The number of halogens is 1. The van der Waals surface area contributed by atoms with E-state index in [9.17, 15) is 13.2 Å². The molecule has 0 fully saturated rings. The fourth-order valence-electron chi connectivity index (χ4n) is 2.37. The number of sulfonamides is 1. The second-order valence-electron chi connectivity index (χ2n) is 4.93. The van der Waals surface area contributed by atoms with E-state index >= 15 is 0 Å². The molecule has 1 aromatic carbocycles. The lowest BCUT2D eigenvalue weighted by atomic mass is 9.99. The molecule has 0 spiro atoms. The van der Waals surface area contributed by atoms with Crippen LogP contribution in [0.3, 0.4) is 0 Å². The highest BCUT2D eigenvalue weighted by atomic mass is 35.5. The normalized spacial score (nSPS) is 18.5. The van der Waals surface area contributed by atoms with Crippen LogP contribution in [0.5, 0.6) is 0 Å².